The summed E-state index contributed by atoms with van der Waals surface area (Å²) in [6.45, 7) is 3.20. The maximum atomic E-state index is 13.6. The summed E-state index contributed by atoms with van der Waals surface area (Å²) in [6, 6.07) is 12.5. The molecule has 0 saturated carbocycles. The fourth-order valence-corrected chi connectivity index (χ4v) is 4.62. The highest BCUT2D eigenvalue weighted by Crippen LogP contribution is 2.34. The molecule has 1 aliphatic heterocycles. The lowest BCUT2D eigenvalue weighted by Crippen LogP contribution is -2.34. The van der Waals surface area contributed by atoms with Crippen LogP contribution >= 0.6 is 0 Å². The number of likely N-dealkylation sites (N-methyl/N-ethyl adjacent to an activating group) is 1. The van der Waals surface area contributed by atoms with Gasteiger partial charge in [-0.25, -0.2) is 19.3 Å². The molecule has 0 bridgehead atoms. The Kier molecular flexibility index (Phi) is 6.45. The van der Waals surface area contributed by atoms with Crippen molar-refractivity contribution in [2.45, 2.75) is 19.4 Å². The number of benzene rings is 1. The van der Waals surface area contributed by atoms with Gasteiger partial charge >= 0.3 is 6.03 Å². The lowest BCUT2D eigenvalue weighted by molar-refractivity contribution is 0.0784. The van der Waals surface area contributed by atoms with Crippen molar-refractivity contribution in [2.75, 3.05) is 43.6 Å². The minimum absolute atomic E-state index is 0.0727. The van der Waals surface area contributed by atoms with Gasteiger partial charge in [0.15, 0.2) is 5.82 Å². The number of nitrogens with two attached hydrogens (primary N) is 1. The van der Waals surface area contributed by atoms with Crippen molar-refractivity contribution in [3.8, 4) is 11.1 Å². The van der Waals surface area contributed by atoms with Crippen LogP contribution in [0.25, 0.3) is 16.6 Å². The average Bonchev–Trinajstić information content (AvgIpc) is 3.51. The van der Waals surface area contributed by atoms with E-state index in [9.17, 15) is 9.59 Å². The van der Waals surface area contributed by atoms with Crippen LogP contribution in [0, 0.1) is 6.92 Å². The largest absolute Gasteiger partial charge is 0.382 e. The zero-order chi connectivity index (χ0) is 26.1. The first-order valence-electron chi connectivity index (χ1n) is 12.0. The molecule has 0 radical (unpaired) electrons. The van der Waals surface area contributed by atoms with Gasteiger partial charge < -0.3 is 20.9 Å². The van der Waals surface area contributed by atoms with Crippen LogP contribution < -0.4 is 16.4 Å². The average molecular weight is 500 g/mol. The third-order valence-corrected chi connectivity index (χ3v) is 6.57. The number of nitrogens with zero attached hydrogens (tertiary/aromatic N) is 6. The Morgan fingerprint density at radius 3 is 2.59 bits per heavy atom. The van der Waals surface area contributed by atoms with Gasteiger partial charge in [0.1, 0.15) is 17.7 Å². The van der Waals surface area contributed by atoms with Gasteiger partial charge in [0, 0.05) is 42.3 Å². The zero-order valence-electron chi connectivity index (χ0n) is 21.0. The normalized spacial score (nSPS) is 15.4. The number of nitrogen functional groups attached to an aromatic ring is 1. The molecule has 1 saturated heterocycles. The number of fused-ring (bicyclic) bond motifs is 1. The first-order chi connectivity index (χ1) is 17.8. The Hall–Kier alpha value is -4.51. The molecule has 4 heterocycles. The quantitative estimate of drug-likeness (QED) is 0.384. The molecule has 1 aliphatic rings. The van der Waals surface area contributed by atoms with Gasteiger partial charge in [0.05, 0.1) is 5.56 Å². The first-order valence-corrected chi connectivity index (χ1v) is 12.0. The van der Waals surface area contributed by atoms with Gasteiger partial charge in [-0.1, -0.05) is 18.2 Å². The molecular formula is C26H29N9O2. The molecule has 3 amide bonds. The lowest BCUT2D eigenvalue weighted by atomic mass is 10.0. The molecule has 37 heavy (non-hydrogen) atoms. The van der Waals surface area contributed by atoms with Crippen molar-refractivity contribution in [3.05, 3.63) is 66.2 Å². The van der Waals surface area contributed by atoms with E-state index in [1.54, 1.807) is 28.9 Å². The molecule has 4 N–H and O–H groups in total. The Morgan fingerprint density at radius 2 is 1.89 bits per heavy atom. The number of carbonyl (C=O) groups is 2. The van der Waals surface area contributed by atoms with Crippen molar-refractivity contribution in [3.63, 3.8) is 0 Å². The summed E-state index contributed by atoms with van der Waals surface area (Å²) in [4.78, 5) is 38.5. The van der Waals surface area contributed by atoms with E-state index in [-0.39, 0.29) is 11.7 Å². The topological polar surface area (TPSA) is 134 Å². The van der Waals surface area contributed by atoms with Gasteiger partial charge in [-0.3, -0.25) is 10.1 Å². The highest BCUT2D eigenvalue weighted by atomic mass is 16.2. The van der Waals surface area contributed by atoms with E-state index in [1.165, 1.54) is 6.33 Å². The fourth-order valence-electron chi connectivity index (χ4n) is 4.62. The summed E-state index contributed by atoms with van der Waals surface area (Å²) in [5.41, 5.74) is 10.1. The van der Waals surface area contributed by atoms with E-state index >= 15 is 0 Å². The van der Waals surface area contributed by atoms with E-state index in [0.717, 1.165) is 17.7 Å². The van der Waals surface area contributed by atoms with Crippen molar-refractivity contribution < 1.29 is 9.59 Å². The van der Waals surface area contributed by atoms with Crippen molar-refractivity contribution >= 4 is 34.8 Å². The summed E-state index contributed by atoms with van der Waals surface area (Å²) < 4.78 is 1.60. The molecule has 3 aromatic heterocycles. The number of pyridine rings is 1. The molecule has 1 atom stereocenters. The number of nitrogens with one attached hydrogen (secondary N) is 2. The second-order valence-electron chi connectivity index (χ2n) is 9.33. The number of amides is 3. The van der Waals surface area contributed by atoms with E-state index in [2.05, 4.69) is 30.6 Å². The molecule has 1 fully saturated rings. The third-order valence-electron chi connectivity index (χ3n) is 6.57. The monoisotopic (exact) mass is 499 g/mol. The van der Waals surface area contributed by atoms with Crippen LogP contribution in [0.15, 0.2) is 55.0 Å². The van der Waals surface area contributed by atoms with Crippen LogP contribution in [0.2, 0.25) is 0 Å². The van der Waals surface area contributed by atoms with Gasteiger partial charge in [-0.05, 0) is 57.3 Å². The number of anilines is 3. The van der Waals surface area contributed by atoms with Gasteiger partial charge in [0.25, 0.3) is 5.91 Å². The minimum Gasteiger partial charge on any atom is -0.382 e. The van der Waals surface area contributed by atoms with Crippen LogP contribution in [0.4, 0.5) is 22.1 Å². The van der Waals surface area contributed by atoms with Gasteiger partial charge in [-0.2, -0.15) is 5.10 Å². The smallest absolute Gasteiger partial charge is 0.324 e. The molecule has 11 heteroatoms. The zero-order valence-corrected chi connectivity index (χ0v) is 21.0. The number of aromatic nitrogens is 4. The highest BCUT2D eigenvalue weighted by molar-refractivity contribution is 6.07. The van der Waals surface area contributed by atoms with Crippen LogP contribution in [-0.4, -0.2) is 74.5 Å². The summed E-state index contributed by atoms with van der Waals surface area (Å²) in [5.74, 6) is 0.673. The van der Waals surface area contributed by atoms with Crippen molar-refractivity contribution in [1.82, 2.24) is 29.4 Å². The molecule has 0 spiro atoms. The second-order valence-corrected chi connectivity index (χ2v) is 9.33. The summed E-state index contributed by atoms with van der Waals surface area (Å²) >= 11 is 0. The van der Waals surface area contributed by atoms with Crippen molar-refractivity contribution in [1.29, 1.82) is 0 Å². The Labute approximate surface area is 214 Å². The first kappa shape index (κ1) is 24.2. The summed E-state index contributed by atoms with van der Waals surface area (Å²) in [6.07, 6.45) is 4.00. The fraction of sp³-hybridized carbons (Fsp3) is 0.269. The SMILES string of the molecule is Cc1cccc(NC(=O)Nc2ccc(-c3c(C(=O)N4CCC(N(C)C)C4)cn4ncnc(N)c34)cc2)n1. The van der Waals surface area contributed by atoms with E-state index in [4.69, 9.17) is 5.73 Å². The van der Waals surface area contributed by atoms with Crippen LogP contribution in [0.3, 0.4) is 0 Å². The molecule has 1 unspecified atom stereocenters. The Bertz CT molecular complexity index is 1460. The molecule has 5 rings (SSSR count). The third kappa shape index (κ3) is 4.94. The number of urea groups is 1. The molecule has 1 aromatic carbocycles. The lowest BCUT2D eigenvalue weighted by Gasteiger charge is -2.20. The highest BCUT2D eigenvalue weighted by Gasteiger charge is 2.31. The van der Waals surface area contributed by atoms with Crippen molar-refractivity contribution in [2.24, 2.45) is 0 Å². The number of hydrogen-bond acceptors (Lipinski definition) is 7. The van der Waals surface area contributed by atoms with Crippen LogP contribution in [-0.2, 0) is 0 Å². The second kappa shape index (κ2) is 9.86. The van der Waals surface area contributed by atoms with Crippen LogP contribution in [0.5, 0.6) is 0 Å². The molecule has 11 nitrogen and oxygen atoms in total. The van der Waals surface area contributed by atoms with E-state index < -0.39 is 6.03 Å². The Morgan fingerprint density at radius 1 is 1.11 bits per heavy atom. The predicted octanol–water partition coefficient (Wildman–Crippen LogP) is 3.10. The summed E-state index contributed by atoms with van der Waals surface area (Å²) in [5, 5.41) is 9.80. The number of aryl methyl sites for hydroxylation is 1. The summed E-state index contributed by atoms with van der Waals surface area (Å²) in [7, 11) is 4.06. The predicted molar refractivity (Wildman–Crippen MR) is 142 cm³/mol. The van der Waals surface area contributed by atoms with Gasteiger partial charge in [-0.15, -0.1) is 0 Å². The standard InChI is InChI=1S/C26H29N9O2/c1-16-5-4-6-21(30-16)32-26(37)31-18-9-7-17(8-10-18)22-20(14-35-23(22)24(27)28-15-29-35)25(36)34-12-11-19(13-34)33(2)3/h4-10,14-15,19H,11-13H2,1-3H3,(H2,27,28,29)(H2,30,31,32,37). The van der Waals surface area contributed by atoms with Gasteiger partial charge in [0.2, 0.25) is 0 Å². The number of carbonyl (C=O) groups excluding carboxylic acids is 2. The minimum atomic E-state index is -0.404. The molecular weight excluding hydrogens is 470 g/mol. The maximum absolute atomic E-state index is 13.6. The number of likely N-dealkylation sites (tertiary alicyclic amines) is 1. The number of rotatable bonds is 5. The Balaban J connectivity index is 1.42. The maximum Gasteiger partial charge on any atom is 0.324 e. The molecule has 4 aromatic rings. The number of hydrogen-bond donors (Lipinski definition) is 3. The van der Waals surface area contributed by atoms with E-state index in [1.807, 2.05) is 50.2 Å². The van der Waals surface area contributed by atoms with Crippen LogP contribution in [0.1, 0.15) is 22.5 Å². The molecule has 0 aliphatic carbocycles. The van der Waals surface area contributed by atoms with E-state index in [0.29, 0.717) is 47.3 Å². The molecule has 190 valence electrons.